The summed E-state index contributed by atoms with van der Waals surface area (Å²) in [5.41, 5.74) is 3.54. The van der Waals surface area contributed by atoms with E-state index in [0.29, 0.717) is 35.1 Å². The third-order valence-electron chi connectivity index (χ3n) is 5.36. The molecule has 170 valence electrons. The molecular weight excluding hydrogens is 444 g/mol. The first-order valence-electron chi connectivity index (χ1n) is 10.4. The smallest absolute Gasteiger partial charge is 0.343 e. The number of aromatic nitrogens is 4. The number of nitrogens with zero attached hydrogens (tertiary/aromatic N) is 4. The summed E-state index contributed by atoms with van der Waals surface area (Å²) in [6.45, 7) is 7.15. The van der Waals surface area contributed by atoms with Gasteiger partial charge in [0.1, 0.15) is 16.5 Å². The van der Waals surface area contributed by atoms with Gasteiger partial charge >= 0.3 is 5.97 Å². The molecule has 0 aliphatic carbocycles. The zero-order chi connectivity index (χ0) is 23.7. The van der Waals surface area contributed by atoms with E-state index in [1.54, 1.807) is 32.9 Å². The van der Waals surface area contributed by atoms with Crippen molar-refractivity contribution in [3.63, 3.8) is 0 Å². The van der Waals surface area contributed by atoms with Crippen molar-refractivity contribution in [3.05, 3.63) is 87.2 Å². The Labute approximate surface area is 195 Å². The van der Waals surface area contributed by atoms with Gasteiger partial charge in [-0.2, -0.15) is 5.10 Å². The van der Waals surface area contributed by atoms with Gasteiger partial charge in [-0.05, 0) is 39.3 Å². The second-order valence-electron chi connectivity index (χ2n) is 7.81. The van der Waals surface area contributed by atoms with E-state index >= 15 is 0 Å². The van der Waals surface area contributed by atoms with Crippen LogP contribution in [0.2, 0.25) is 5.15 Å². The van der Waals surface area contributed by atoms with Crippen molar-refractivity contribution in [2.75, 3.05) is 6.61 Å². The van der Waals surface area contributed by atoms with Crippen molar-refractivity contribution in [1.82, 2.24) is 19.5 Å². The number of Topliss-reactive ketones (excluding diaryl/α,β-unsaturated/α-hetero) is 1. The molecule has 9 heteroatoms. The monoisotopic (exact) mass is 466 g/mol. The first-order chi connectivity index (χ1) is 15.8. The third-order valence-corrected chi connectivity index (χ3v) is 5.74. The Bertz CT molecular complexity index is 1330. The largest absolute Gasteiger partial charge is 0.454 e. The third kappa shape index (κ3) is 4.47. The molecule has 0 saturated heterocycles. The normalized spacial score (nSPS) is 11.1. The molecule has 0 radical (unpaired) electrons. The van der Waals surface area contributed by atoms with Gasteiger partial charge in [0.05, 0.1) is 12.2 Å². The minimum atomic E-state index is -0.689. The van der Waals surface area contributed by atoms with E-state index in [1.807, 2.05) is 41.8 Å². The summed E-state index contributed by atoms with van der Waals surface area (Å²) in [5, 5.41) is 8.54. The van der Waals surface area contributed by atoms with Crippen LogP contribution < -0.4 is 0 Å². The molecule has 33 heavy (non-hydrogen) atoms. The highest BCUT2D eigenvalue weighted by Gasteiger charge is 2.24. The number of carbonyl (C=O) groups is 2. The number of aryl methyl sites for hydroxylation is 3. The van der Waals surface area contributed by atoms with Crippen LogP contribution in [0, 0.1) is 27.7 Å². The second-order valence-corrected chi connectivity index (χ2v) is 8.17. The first-order valence-corrected chi connectivity index (χ1v) is 10.7. The Morgan fingerprint density at radius 3 is 2.48 bits per heavy atom. The highest BCUT2D eigenvalue weighted by molar-refractivity contribution is 6.32. The average molecular weight is 467 g/mol. The topological polar surface area (TPSA) is 92.2 Å². The number of ether oxygens (including phenoxy) is 1. The highest BCUT2D eigenvalue weighted by Crippen LogP contribution is 2.24. The van der Waals surface area contributed by atoms with Gasteiger partial charge in [0.15, 0.2) is 12.4 Å². The summed E-state index contributed by atoms with van der Waals surface area (Å²) in [6.07, 6.45) is 0. The molecule has 0 spiro atoms. The SMILES string of the molecule is Cc1cc(-n2c(C)cc(C(=O)COC(=O)c3c(C)nn(Cc4ccccc4)c3Cl)c2C)no1. The van der Waals surface area contributed by atoms with Gasteiger partial charge in [-0.1, -0.05) is 47.1 Å². The fourth-order valence-corrected chi connectivity index (χ4v) is 4.10. The van der Waals surface area contributed by atoms with Crippen molar-refractivity contribution in [3.8, 4) is 5.82 Å². The van der Waals surface area contributed by atoms with E-state index in [4.69, 9.17) is 20.9 Å². The van der Waals surface area contributed by atoms with Gasteiger partial charge in [0, 0.05) is 23.0 Å². The summed E-state index contributed by atoms with van der Waals surface area (Å²) in [5.74, 6) is 0.241. The van der Waals surface area contributed by atoms with Crippen LogP contribution in [0.3, 0.4) is 0 Å². The molecule has 3 heterocycles. The molecule has 0 unspecified atom stereocenters. The number of ketones is 1. The maximum atomic E-state index is 12.8. The Balaban J connectivity index is 1.48. The van der Waals surface area contributed by atoms with Crippen molar-refractivity contribution in [2.24, 2.45) is 0 Å². The number of benzene rings is 1. The predicted octanol–water partition coefficient (Wildman–Crippen LogP) is 4.64. The molecule has 0 amide bonds. The molecule has 0 atom stereocenters. The lowest BCUT2D eigenvalue weighted by Crippen LogP contribution is -2.15. The summed E-state index contributed by atoms with van der Waals surface area (Å²) in [7, 11) is 0. The van der Waals surface area contributed by atoms with E-state index in [9.17, 15) is 9.59 Å². The van der Waals surface area contributed by atoms with Gasteiger partial charge in [-0.3, -0.25) is 9.36 Å². The second kappa shape index (κ2) is 9.07. The van der Waals surface area contributed by atoms with Crippen molar-refractivity contribution < 1.29 is 18.8 Å². The van der Waals surface area contributed by atoms with Crippen LogP contribution in [-0.2, 0) is 11.3 Å². The Hall–Kier alpha value is -3.65. The van der Waals surface area contributed by atoms with Crippen LogP contribution in [0.25, 0.3) is 5.82 Å². The summed E-state index contributed by atoms with van der Waals surface area (Å²) >= 11 is 6.42. The summed E-state index contributed by atoms with van der Waals surface area (Å²) in [4.78, 5) is 25.6. The molecule has 4 rings (SSSR count). The molecule has 0 fully saturated rings. The van der Waals surface area contributed by atoms with Crippen molar-refractivity contribution in [1.29, 1.82) is 0 Å². The van der Waals surface area contributed by atoms with Crippen molar-refractivity contribution in [2.45, 2.75) is 34.2 Å². The number of carbonyl (C=O) groups excluding carboxylic acids is 2. The summed E-state index contributed by atoms with van der Waals surface area (Å²) in [6, 6.07) is 13.2. The zero-order valence-corrected chi connectivity index (χ0v) is 19.5. The van der Waals surface area contributed by atoms with E-state index < -0.39 is 12.6 Å². The number of rotatable bonds is 7. The summed E-state index contributed by atoms with van der Waals surface area (Å²) < 4.78 is 13.8. The molecule has 1 aromatic carbocycles. The van der Waals surface area contributed by atoms with Gasteiger partial charge < -0.3 is 9.26 Å². The minimum absolute atomic E-state index is 0.156. The van der Waals surface area contributed by atoms with E-state index in [1.165, 1.54) is 4.68 Å². The van der Waals surface area contributed by atoms with Crippen LogP contribution in [0.5, 0.6) is 0 Å². The molecule has 4 aromatic rings. The zero-order valence-electron chi connectivity index (χ0n) is 18.8. The van der Waals surface area contributed by atoms with Gasteiger partial charge in [0.2, 0.25) is 5.78 Å². The molecule has 3 aromatic heterocycles. The van der Waals surface area contributed by atoms with Gasteiger partial charge in [-0.15, -0.1) is 0 Å². The Morgan fingerprint density at radius 1 is 1.09 bits per heavy atom. The molecule has 0 bridgehead atoms. The predicted molar refractivity (Wildman–Crippen MR) is 122 cm³/mol. The maximum Gasteiger partial charge on any atom is 0.343 e. The van der Waals surface area contributed by atoms with Crippen LogP contribution >= 0.6 is 11.6 Å². The van der Waals surface area contributed by atoms with E-state index in [-0.39, 0.29) is 16.5 Å². The lowest BCUT2D eigenvalue weighted by atomic mass is 10.1. The van der Waals surface area contributed by atoms with E-state index in [0.717, 1.165) is 11.3 Å². The molecule has 0 aliphatic heterocycles. The van der Waals surface area contributed by atoms with Crippen LogP contribution in [-0.4, -0.2) is 37.9 Å². The van der Waals surface area contributed by atoms with Gasteiger partial charge in [0.25, 0.3) is 0 Å². The molecule has 0 N–H and O–H groups in total. The van der Waals surface area contributed by atoms with Crippen LogP contribution in [0.15, 0.2) is 47.0 Å². The fourth-order valence-electron chi connectivity index (χ4n) is 3.78. The Morgan fingerprint density at radius 2 is 1.82 bits per heavy atom. The molecule has 0 aliphatic rings. The molecule has 8 nitrogen and oxygen atoms in total. The highest BCUT2D eigenvalue weighted by atomic mass is 35.5. The van der Waals surface area contributed by atoms with E-state index in [2.05, 4.69) is 10.3 Å². The number of hydrogen-bond donors (Lipinski definition) is 0. The quantitative estimate of drug-likeness (QED) is 0.291. The van der Waals surface area contributed by atoms with Crippen molar-refractivity contribution >= 4 is 23.4 Å². The number of halogens is 1. The number of esters is 1. The lowest BCUT2D eigenvalue weighted by molar-refractivity contribution is 0.0474. The van der Waals surface area contributed by atoms with Gasteiger partial charge in [-0.25, -0.2) is 9.48 Å². The molecule has 0 saturated carbocycles. The number of hydrogen-bond acceptors (Lipinski definition) is 6. The first kappa shape index (κ1) is 22.5. The maximum absolute atomic E-state index is 12.8. The fraction of sp³-hybridized carbons (Fsp3) is 0.250. The van der Waals surface area contributed by atoms with Crippen LogP contribution in [0.1, 0.15) is 49.1 Å². The minimum Gasteiger partial charge on any atom is -0.454 e. The lowest BCUT2D eigenvalue weighted by Gasteiger charge is -2.06. The van der Waals surface area contributed by atoms with Crippen LogP contribution in [0.4, 0.5) is 0 Å². The Kier molecular flexibility index (Phi) is 6.20. The standard InChI is InChI=1S/C24H23ClN4O4/c1-14-10-19(17(4)29(14)21-11-15(2)33-27-21)20(30)13-32-24(31)22-16(3)26-28(23(22)25)12-18-8-6-5-7-9-18/h5-11H,12-13H2,1-4H3. The molecular formula is C24H23ClN4O4. The average Bonchev–Trinajstić information content (AvgIpc) is 3.42.